The number of alkyl halides is 3. The molecule has 3 aliphatic heterocycles. The number of ether oxygens (including phenoxy) is 3. The van der Waals surface area contributed by atoms with Crippen molar-refractivity contribution in [3.05, 3.63) is 114 Å². The topological polar surface area (TPSA) is 314 Å². The number of terminal acetylenes is 1. The summed E-state index contributed by atoms with van der Waals surface area (Å²) in [6.45, 7) is 0.181. The van der Waals surface area contributed by atoms with Crippen LogP contribution in [-0.2, 0) is 24.3 Å². The predicted octanol–water partition coefficient (Wildman–Crippen LogP) is -0.270. The molecule has 3 heterocycles. The van der Waals surface area contributed by atoms with E-state index >= 15 is 0 Å². The molecule has 4 aromatic carbocycles. The van der Waals surface area contributed by atoms with E-state index in [0.29, 0.717) is 22.3 Å². The second kappa shape index (κ2) is 26.6. The van der Waals surface area contributed by atoms with Crippen LogP contribution in [0.25, 0.3) is 22.3 Å². The Morgan fingerprint density at radius 1 is 0.562 bits per heavy atom. The molecule has 0 unspecified atom stereocenters. The van der Waals surface area contributed by atoms with Crippen molar-refractivity contribution in [3.63, 3.8) is 0 Å². The SMILES string of the molecule is C.C#C[C@H]1O[C@H](CO)[C@@H](O)[C@H](O)[C@@H]1O.Cc1ccc(OS(=O)(=O)C(F)(F)F)c(-c2ccccc2)c1.OC[C@H]1O[C@H](C#Cc2ccc(C#C[C@H]3O[C@H](CO)[C@@H](O)[C@H](O)[C@@H]3O)c(-c3ccccc3)c2)[C@@H](O)[C@@H](O)[C@@H]1O. The molecule has 18 nitrogen and oxygen atoms in total. The van der Waals surface area contributed by atoms with Crippen molar-refractivity contribution in [3.8, 4) is 64.0 Å². The van der Waals surface area contributed by atoms with Crippen molar-refractivity contribution >= 4 is 10.1 Å². The Kier molecular flexibility index (Phi) is 21.9. The highest BCUT2D eigenvalue weighted by atomic mass is 32.2. The second-order valence-electron chi connectivity index (χ2n) is 16.4. The van der Waals surface area contributed by atoms with Gasteiger partial charge in [-0.05, 0) is 53.9 Å². The van der Waals surface area contributed by atoms with Gasteiger partial charge >= 0.3 is 15.6 Å². The standard InChI is InChI=1S/C28H30O10.C14H11F3O3S.C8H12O5.CH4/c29-13-21-25(33)27(35)23(31)19(37-21)10-7-15-6-8-17(18(12-15)16-4-2-1-3-5-16)9-11-20-24(32)28(36)26(34)22(14-30)38-20;1-10-7-8-13(20-21(18,19)14(15,16)17)12(9-10)11-5-3-2-4-6-11;1-2-4-6(10)8(12)7(11)5(3-9)13-4;/h1-6,8,12,19-36H,13-14H2;2-9H,1H3;1,4-12H,3H2;1H4/t19-,20-,21-,22-,23-,24-,25-,26-,27-,28-;;4-,5-,6-,7-,8-;/m1.1./s1. The number of hydrogen-bond donors (Lipinski definition) is 12. The van der Waals surface area contributed by atoms with E-state index in [1.54, 1.807) is 61.5 Å². The monoisotopic (exact) mass is 1050 g/mol. The van der Waals surface area contributed by atoms with E-state index in [1.807, 2.05) is 30.3 Å². The van der Waals surface area contributed by atoms with E-state index in [9.17, 15) is 77.8 Å². The molecule has 22 heteroatoms. The lowest BCUT2D eigenvalue weighted by Crippen LogP contribution is -2.58. The predicted molar refractivity (Wildman–Crippen MR) is 255 cm³/mol. The first kappa shape index (κ1) is 60.1. The van der Waals surface area contributed by atoms with E-state index in [1.165, 1.54) is 12.1 Å². The highest BCUT2D eigenvalue weighted by Gasteiger charge is 2.49. The Morgan fingerprint density at radius 2 is 0.986 bits per heavy atom. The number of halogens is 3. The van der Waals surface area contributed by atoms with Gasteiger partial charge < -0.3 is 79.7 Å². The lowest BCUT2D eigenvalue weighted by molar-refractivity contribution is -0.214. The minimum atomic E-state index is -5.69. The van der Waals surface area contributed by atoms with Crippen LogP contribution in [0.3, 0.4) is 0 Å². The lowest BCUT2D eigenvalue weighted by atomic mass is 9.94. The smallest absolute Gasteiger partial charge is 0.394 e. The van der Waals surface area contributed by atoms with E-state index in [0.717, 1.165) is 11.1 Å². The van der Waals surface area contributed by atoms with Crippen molar-refractivity contribution in [2.75, 3.05) is 19.8 Å². The number of aliphatic hydroxyl groups is 12. The van der Waals surface area contributed by atoms with Crippen LogP contribution in [0, 0.1) is 42.9 Å². The molecule has 0 aromatic heterocycles. The van der Waals surface area contributed by atoms with Gasteiger partial charge in [-0.1, -0.05) is 109 Å². The summed E-state index contributed by atoms with van der Waals surface area (Å²) < 4.78 is 79.6. The van der Waals surface area contributed by atoms with Gasteiger partial charge in [0, 0.05) is 16.7 Å². The summed E-state index contributed by atoms with van der Waals surface area (Å²) in [5, 5.41) is 116. The Labute approximate surface area is 419 Å². The maximum atomic E-state index is 12.4. The maximum absolute atomic E-state index is 12.4. The fourth-order valence-corrected chi connectivity index (χ4v) is 7.77. The summed E-state index contributed by atoms with van der Waals surface area (Å²) in [6, 6.07) is 27.1. The first-order chi connectivity index (χ1) is 34.1. The Balaban J connectivity index is 0.000000275. The number of aliphatic hydroxyl groups excluding tert-OH is 12. The van der Waals surface area contributed by atoms with Crippen molar-refractivity contribution in [2.24, 2.45) is 0 Å². The van der Waals surface area contributed by atoms with E-state index < -0.39 is 127 Å². The molecule has 3 fully saturated rings. The first-order valence-electron chi connectivity index (χ1n) is 21.8. The third kappa shape index (κ3) is 14.8. The number of aryl methyl sites for hydroxylation is 1. The highest BCUT2D eigenvalue weighted by Crippen LogP contribution is 2.35. The lowest BCUT2D eigenvalue weighted by Gasteiger charge is -2.37. The summed E-state index contributed by atoms with van der Waals surface area (Å²) >= 11 is 0. The zero-order valence-electron chi connectivity index (χ0n) is 38.0. The van der Waals surface area contributed by atoms with Crippen LogP contribution in [0.15, 0.2) is 97.1 Å². The number of hydrogen-bond acceptors (Lipinski definition) is 18. The molecule has 3 aliphatic rings. The van der Waals surface area contributed by atoms with E-state index in [2.05, 4.69) is 33.8 Å². The molecule has 4 aromatic rings. The molecule has 0 aliphatic carbocycles. The Morgan fingerprint density at radius 3 is 1.42 bits per heavy atom. The quantitative estimate of drug-likeness (QED) is 0.0644. The van der Waals surface area contributed by atoms with Crippen molar-refractivity contribution in [2.45, 2.75) is 111 Å². The van der Waals surface area contributed by atoms with Crippen molar-refractivity contribution < 1.29 is 101 Å². The summed E-state index contributed by atoms with van der Waals surface area (Å²) in [5.74, 6) is 13.1. The van der Waals surface area contributed by atoms with Gasteiger partial charge in [-0.15, -0.1) is 6.42 Å². The molecule has 0 radical (unpaired) electrons. The minimum Gasteiger partial charge on any atom is -0.394 e. The molecule has 73 heavy (non-hydrogen) atoms. The van der Waals surface area contributed by atoms with Crippen LogP contribution >= 0.6 is 0 Å². The van der Waals surface area contributed by atoms with Crippen molar-refractivity contribution in [1.29, 1.82) is 0 Å². The molecule has 396 valence electrons. The summed E-state index contributed by atoms with van der Waals surface area (Å²) in [6.07, 6.45) is -14.3. The zero-order chi connectivity index (χ0) is 53.1. The molecule has 0 spiro atoms. The van der Waals surface area contributed by atoms with Crippen LogP contribution < -0.4 is 4.18 Å². The second-order valence-corrected chi connectivity index (χ2v) is 18.0. The number of rotatable bonds is 7. The van der Waals surface area contributed by atoms with Crippen molar-refractivity contribution in [1.82, 2.24) is 0 Å². The van der Waals surface area contributed by atoms with E-state index in [-0.39, 0.29) is 18.7 Å². The third-order valence-electron chi connectivity index (χ3n) is 11.4. The Hall–Kier alpha value is -5.50. The number of benzene rings is 4. The zero-order valence-corrected chi connectivity index (χ0v) is 38.8. The average Bonchev–Trinajstić information content (AvgIpc) is 3.37. The largest absolute Gasteiger partial charge is 0.534 e. The van der Waals surface area contributed by atoms with Gasteiger partial charge in [0.25, 0.3) is 0 Å². The van der Waals surface area contributed by atoms with Crippen LogP contribution in [0.5, 0.6) is 5.75 Å². The molecule has 3 saturated heterocycles. The molecule has 0 saturated carbocycles. The van der Waals surface area contributed by atoms with Crippen LogP contribution in [0.4, 0.5) is 13.2 Å². The molecule has 7 rings (SSSR count). The minimum absolute atomic E-state index is 0. The van der Waals surface area contributed by atoms with Gasteiger partial charge in [-0.2, -0.15) is 21.6 Å². The maximum Gasteiger partial charge on any atom is 0.534 e. The molecular weight excluding hydrogens is 990 g/mol. The highest BCUT2D eigenvalue weighted by molar-refractivity contribution is 7.88. The molecular formula is C51H57F3O18S. The van der Waals surface area contributed by atoms with E-state index in [4.69, 9.17) is 25.7 Å². The molecule has 0 bridgehead atoms. The summed E-state index contributed by atoms with van der Waals surface area (Å²) in [5.41, 5.74) is -1.29. The fourth-order valence-electron chi connectivity index (χ4n) is 7.30. The van der Waals surface area contributed by atoms with Gasteiger partial charge in [0.1, 0.15) is 91.6 Å². The summed E-state index contributed by atoms with van der Waals surface area (Å²) in [7, 11) is -5.69. The van der Waals surface area contributed by atoms with Gasteiger partial charge in [0.15, 0.2) is 5.75 Å². The van der Waals surface area contributed by atoms with Crippen LogP contribution in [0.1, 0.15) is 24.1 Å². The Bertz CT molecular complexity index is 2680. The first-order valence-corrected chi connectivity index (χ1v) is 23.2. The van der Waals surface area contributed by atoms with Crippen LogP contribution in [-0.4, -0.2) is 187 Å². The normalized spacial score (nSPS) is 29.8. The summed E-state index contributed by atoms with van der Waals surface area (Å²) in [4.78, 5) is 0. The third-order valence-corrected chi connectivity index (χ3v) is 12.3. The van der Waals surface area contributed by atoms with Gasteiger partial charge in [0.2, 0.25) is 0 Å². The van der Waals surface area contributed by atoms with Gasteiger partial charge in [-0.3, -0.25) is 0 Å². The van der Waals surface area contributed by atoms with Gasteiger partial charge in [0.05, 0.1) is 19.8 Å². The van der Waals surface area contributed by atoms with Crippen LogP contribution in [0.2, 0.25) is 0 Å². The van der Waals surface area contributed by atoms with Gasteiger partial charge in [-0.25, -0.2) is 0 Å². The molecule has 15 atom stereocenters. The molecule has 12 N–H and O–H groups in total. The fraction of sp³-hybridized carbons (Fsp3) is 0.412. The molecule has 0 amide bonds. The average molecular weight is 1050 g/mol.